The molecule has 0 aliphatic rings. The van der Waals surface area contributed by atoms with Crippen LogP contribution in [0.25, 0.3) is 0 Å². The van der Waals surface area contributed by atoms with Gasteiger partial charge in [0.2, 0.25) is 0 Å². The van der Waals surface area contributed by atoms with Crippen LogP contribution in [0.3, 0.4) is 0 Å². The lowest BCUT2D eigenvalue weighted by molar-refractivity contribution is 0.240. The quantitative estimate of drug-likeness (QED) is 0.767. The molecule has 0 amide bonds. The molecule has 3 nitrogen and oxygen atoms in total. The van der Waals surface area contributed by atoms with E-state index in [0.29, 0.717) is 18.9 Å². The largest absolute Gasteiger partial charge is 0.492 e. The fraction of sp³-hybridized carbons (Fsp3) is 0.455. The van der Waals surface area contributed by atoms with Crippen molar-refractivity contribution in [2.24, 2.45) is 5.73 Å². The normalized spacial score (nSPS) is 10.7. The number of nitrogens with zero attached hydrogens (tertiary/aromatic N) is 1. The first-order valence-electron chi connectivity index (χ1n) is 4.99. The van der Waals surface area contributed by atoms with Crippen LogP contribution in [0.4, 0.5) is 4.39 Å². The smallest absolute Gasteiger partial charge is 0.123 e. The molecule has 1 aromatic carbocycles. The van der Waals surface area contributed by atoms with Gasteiger partial charge in [0.05, 0.1) is 0 Å². The van der Waals surface area contributed by atoms with Crippen LogP contribution in [0.15, 0.2) is 24.3 Å². The van der Waals surface area contributed by atoms with E-state index in [0.717, 1.165) is 13.1 Å². The molecular formula is C11H17FN2O. The minimum Gasteiger partial charge on any atom is -0.492 e. The molecular weight excluding hydrogens is 195 g/mol. The minimum atomic E-state index is -0.248. The Balaban J connectivity index is 2.22. The van der Waals surface area contributed by atoms with E-state index in [4.69, 9.17) is 10.5 Å². The standard InChI is InChI=1S/C11H17FN2O/c1-14(7-6-13)8-9-15-11-4-2-10(12)3-5-11/h2-5H,6-9,13H2,1H3. The molecule has 0 bridgehead atoms. The van der Waals surface area contributed by atoms with Crippen LogP contribution in [0.1, 0.15) is 0 Å². The van der Waals surface area contributed by atoms with Gasteiger partial charge in [0, 0.05) is 19.6 Å². The summed E-state index contributed by atoms with van der Waals surface area (Å²) in [5.41, 5.74) is 5.40. The molecule has 0 heterocycles. The van der Waals surface area contributed by atoms with E-state index >= 15 is 0 Å². The van der Waals surface area contributed by atoms with E-state index < -0.39 is 0 Å². The molecule has 0 fully saturated rings. The summed E-state index contributed by atoms with van der Waals surface area (Å²) in [6.45, 7) is 2.90. The van der Waals surface area contributed by atoms with E-state index in [1.807, 2.05) is 7.05 Å². The van der Waals surface area contributed by atoms with Gasteiger partial charge in [-0.2, -0.15) is 0 Å². The molecule has 0 spiro atoms. The molecule has 1 rings (SSSR count). The molecule has 2 N–H and O–H groups in total. The first-order valence-corrected chi connectivity index (χ1v) is 4.99. The van der Waals surface area contributed by atoms with Crippen LogP contribution in [0, 0.1) is 5.82 Å². The maximum Gasteiger partial charge on any atom is 0.123 e. The van der Waals surface area contributed by atoms with Gasteiger partial charge in [-0.05, 0) is 31.3 Å². The average molecular weight is 212 g/mol. The number of halogens is 1. The predicted molar refractivity (Wildman–Crippen MR) is 58.4 cm³/mol. The zero-order chi connectivity index (χ0) is 11.1. The maximum absolute atomic E-state index is 12.6. The van der Waals surface area contributed by atoms with Gasteiger partial charge in [-0.25, -0.2) is 4.39 Å². The molecule has 0 saturated carbocycles. The highest BCUT2D eigenvalue weighted by Crippen LogP contribution is 2.10. The van der Waals surface area contributed by atoms with Gasteiger partial charge >= 0.3 is 0 Å². The number of hydrogen-bond donors (Lipinski definition) is 1. The Morgan fingerprint density at radius 3 is 2.53 bits per heavy atom. The highest BCUT2D eigenvalue weighted by atomic mass is 19.1. The fourth-order valence-corrected chi connectivity index (χ4v) is 1.18. The molecule has 0 aliphatic heterocycles. The van der Waals surface area contributed by atoms with Crippen molar-refractivity contribution < 1.29 is 9.13 Å². The van der Waals surface area contributed by atoms with Crippen LogP contribution in [0.5, 0.6) is 5.75 Å². The van der Waals surface area contributed by atoms with Gasteiger partial charge in [0.1, 0.15) is 18.2 Å². The lowest BCUT2D eigenvalue weighted by atomic mass is 10.3. The Morgan fingerprint density at radius 2 is 1.93 bits per heavy atom. The van der Waals surface area contributed by atoms with Crippen LogP contribution in [0.2, 0.25) is 0 Å². The van der Waals surface area contributed by atoms with Crippen LogP contribution >= 0.6 is 0 Å². The summed E-state index contributed by atoms with van der Waals surface area (Å²) in [6, 6.07) is 6.02. The predicted octanol–water partition coefficient (Wildman–Crippen LogP) is 1.09. The lowest BCUT2D eigenvalue weighted by Gasteiger charge is -2.15. The van der Waals surface area contributed by atoms with Gasteiger partial charge in [-0.1, -0.05) is 0 Å². The van der Waals surface area contributed by atoms with Crippen molar-refractivity contribution in [2.45, 2.75) is 0 Å². The zero-order valence-corrected chi connectivity index (χ0v) is 8.95. The van der Waals surface area contributed by atoms with Crippen LogP contribution in [-0.4, -0.2) is 38.2 Å². The molecule has 0 radical (unpaired) electrons. The minimum absolute atomic E-state index is 0.248. The van der Waals surface area contributed by atoms with E-state index in [1.165, 1.54) is 12.1 Å². The average Bonchev–Trinajstić information content (AvgIpc) is 2.21. The monoisotopic (exact) mass is 212 g/mol. The number of nitrogens with two attached hydrogens (primary N) is 1. The van der Waals surface area contributed by atoms with E-state index in [9.17, 15) is 4.39 Å². The van der Waals surface area contributed by atoms with Gasteiger partial charge in [0.25, 0.3) is 0 Å². The molecule has 1 aromatic rings. The molecule has 0 aliphatic carbocycles. The Kier molecular flexibility index (Phi) is 5.07. The third-order valence-electron chi connectivity index (χ3n) is 2.07. The van der Waals surface area contributed by atoms with E-state index in [2.05, 4.69) is 4.90 Å². The van der Waals surface area contributed by atoms with Crippen molar-refractivity contribution in [3.8, 4) is 5.75 Å². The van der Waals surface area contributed by atoms with E-state index in [1.54, 1.807) is 12.1 Å². The number of benzene rings is 1. The molecule has 0 aromatic heterocycles. The third-order valence-corrected chi connectivity index (χ3v) is 2.07. The number of likely N-dealkylation sites (N-methyl/N-ethyl adjacent to an activating group) is 1. The van der Waals surface area contributed by atoms with Crippen molar-refractivity contribution in [2.75, 3.05) is 33.3 Å². The van der Waals surface area contributed by atoms with Crippen molar-refractivity contribution in [3.05, 3.63) is 30.1 Å². The lowest BCUT2D eigenvalue weighted by Crippen LogP contribution is -2.29. The Labute approximate surface area is 89.6 Å². The van der Waals surface area contributed by atoms with Gasteiger partial charge in [0.15, 0.2) is 0 Å². The van der Waals surface area contributed by atoms with Crippen LogP contribution in [-0.2, 0) is 0 Å². The fourth-order valence-electron chi connectivity index (χ4n) is 1.18. The van der Waals surface area contributed by atoms with Gasteiger partial charge < -0.3 is 15.4 Å². The summed E-state index contributed by atoms with van der Waals surface area (Å²) in [4.78, 5) is 2.09. The second-order valence-corrected chi connectivity index (χ2v) is 3.39. The van der Waals surface area contributed by atoms with Crippen molar-refractivity contribution >= 4 is 0 Å². The summed E-state index contributed by atoms with van der Waals surface area (Å²) < 4.78 is 18.0. The summed E-state index contributed by atoms with van der Waals surface area (Å²) in [7, 11) is 1.99. The summed E-state index contributed by atoms with van der Waals surface area (Å²) in [5.74, 6) is 0.445. The summed E-state index contributed by atoms with van der Waals surface area (Å²) >= 11 is 0. The van der Waals surface area contributed by atoms with E-state index in [-0.39, 0.29) is 5.82 Å². The highest BCUT2D eigenvalue weighted by Gasteiger charge is 1.98. The molecule has 4 heteroatoms. The van der Waals surface area contributed by atoms with Crippen molar-refractivity contribution in [1.29, 1.82) is 0 Å². The first kappa shape index (κ1) is 11.9. The molecule has 0 saturated heterocycles. The molecule has 15 heavy (non-hydrogen) atoms. The van der Waals surface area contributed by atoms with Gasteiger partial charge in [-0.3, -0.25) is 0 Å². The Bertz CT molecular complexity index is 276. The molecule has 0 atom stereocenters. The molecule has 84 valence electrons. The summed E-state index contributed by atoms with van der Waals surface area (Å²) in [5, 5.41) is 0. The van der Waals surface area contributed by atoms with Gasteiger partial charge in [-0.15, -0.1) is 0 Å². The second kappa shape index (κ2) is 6.37. The topological polar surface area (TPSA) is 38.5 Å². The number of ether oxygens (including phenoxy) is 1. The maximum atomic E-state index is 12.6. The first-order chi connectivity index (χ1) is 7.22. The SMILES string of the molecule is CN(CCN)CCOc1ccc(F)cc1. The van der Waals surface area contributed by atoms with Crippen LogP contribution < -0.4 is 10.5 Å². The highest BCUT2D eigenvalue weighted by molar-refractivity contribution is 5.21. The Morgan fingerprint density at radius 1 is 1.27 bits per heavy atom. The summed E-state index contributed by atoms with van der Waals surface area (Å²) in [6.07, 6.45) is 0. The third kappa shape index (κ3) is 4.76. The zero-order valence-electron chi connectivity index (χ0n) is 8.95. The molecule has 0 unspecified atom stereocenters. The number of hydrogen-bond acceptors (Lipinski definition) is 3. The Hall–Kier alpha value is -1.13. The van der Waals surface area contributed by atoms with Crippen molar-refractivity contribution in [1.82, 2.24) is 4.90 Å². The second-order valence-electron chi connectivity index (χ2n) is 3.39. The number of rotatable bonds is 6. The van der Waals surface area contributed by atoms with Crippen molar-refractivity contribution in [3.63, 3.8) is 0 Å².